The normalized spacial score (nSPS) is 21.9. The van der Waals surface area contributed by atoms with E-state index >= 15 is 0 Å². The summed E-state index contributed by atoms with van der Waals surface area (Å²) in [6.07, 6.45) is 2.45. The van der Waals surface area contributed by atoms with Crippen molar-refractivity contribution in [2.75, 3.05) is 39.3 Å². The van der Waals surface area contributed by atoms with Crippen LogP contribution in [-0.4, -0.2) is 168 Å². The van der Waals surface area contributed by atoms with E-state index in [-0.39, 0.29) is 115 Å². The van der Waals surface area contributed by atoms with E-state index < -0.39 is 162 Å². The smallest absolute Gasteiger partial charge is 0.243 e. The summed E-state index contributed by atoms with van der Waals surface area (Å²) in [6, 6.07) is 1.02. The van der Waals surface area contributed by atoms with Gasteiger partial charge in [0, 0.05) is 63.5 Å². The minimum absolute atomic E-state index is 0.00374. The molecule has 26 heteroatoms. The van der Waals surface area contributed by atoms with Gasteiger partial charge in [-0.25, -0.2) is 0 Å². The van der Waals surface area contributed by atoms with Crippen molar-refractivity contribution in [3.8, 4) is 0 Å². The second kappa shape index (κ2) is 45.7. The molecule has 0 aromatic heterocycles. The van der Waals surface area contributed by atoms with Crippen LogP contribution in [-0.2, 0) is 64.0 Å². The van der Waals surface area contributed by atoms with Crippen molar-refractivity contribution in [1.29, 1.82) is 0 Å². The van der Waals surface area contributed by atoms with Gasteiger partial charge in [0.1, 0.15) is 12.1 Å². The van der Waals surface area contributed by atoms with Gasteiger partial charge in [-0.3, -0.25) is 57.5 Å². The molecule has 0 unspecified atom stereocenters. The summed E-state index contributed by atoms with van der Waals surface area (Å²) in [5, 5.41) is 43.6. The number of nitrogens with two attached hydrogens (primary N) is 4. The molecule has 1 aliphatic heterocycles. The van der Waals surface area contributed by atoms with Gasteiger partial charge >= 0.3 is 0 Å². The van der Waals surface area contributed by atoms with Gasteiger partial charge < -0.3 is 75.7 Å². The highest BCUT2D eigenvalue weighted by molar-refractivity contribution is 5.99. The van der Waals surface area contributed by atoms with Gasteiger partial charge in [0.25, 0.3) is 0 Å². The number of Topliss-reactive ketones (excluding diaryl/α,β-unsaturated/α-hetero) is 4. The van der Waals surface area contributed by atoms with Crippen molar-refractivity contribution in [3.05, 3.63) is 35.9 Å². The third kappa shape index (κ3) is 31.4. The van der Waals surface area contributed by atoms with Crippen LogP contribution in [0, 0.1) is 29.6 Å². The number of nitrogens with one attached hydrogen (secondary N) is 8. The molecule has 0 aliphatic carbocycles. The van der Waals surface area contributed by atoms with Gasteiger partial charge in [-0.15, -0.1) is 0 Å². The number of ketones is 4. The number of aliphatic hydroxyl groups excluding tert-OH is 2. The van der Waals surface area contributed by atoms with Crippen molar-refractivity contribution in [3.63, 3.8) is 0 Å². The van der Waals surface area contributed by atoms with Crippen LogP contribution in [0.4, 0.5) is 0 Å². The van der Waals surface area contributed by atoms with Crippen LogP contribution in [0.3, 0.4) is 0 Å². The minimum atomic E-state index is -1.47. The Balaban J connectivity index is 2.68. The first-order valence-corrected chi connectivity index (χ1v) is 33.5. The van der Waals surface area contributed by atoms with E-state index in [4.69, 9.17) is 22.9 Å². The SMILES string of the molecule is CCCCCCCCC(=O)N[C@@H](CCNC(=O)CCCCC)C(=O)C[C@H](C(=O)N[C@@H](CCN)C(=O)C[C@H]1CCNC(=O)[C@H]([C@@H](C)O)CC(=O)[C@H](CCN)NC(=O)[C@H](CCN)NC(=O)[C@H](CC(C)C)NC(=O)[C@@H](Cc2ccccc2)CC(=O)[C@H](CCN)NC1=O)[C@@H](C)O. The summed E-state index contributed by atoms with van der Waals surface area (Å²) in [7, 11) is 0. The molecular formula is C66H112N12O14. The molecular weight excluding hydrogens is 1180 g/mol. The largest absolute Gasteiger partial charge is 0.393 e. The quantitative estimate of drug-likeness (QED) is 0.0413. The molecule has 26 nitrogen and oxygen atoms in total. The number of hydrogen-bond acceptors (Lipinski definition) is 18. The molecule has 0 bridgehead atoms. The summed E-state index contributed by atoms with van der Waals surface area (Å²) in [5.41, 5.74) is 24.5. The van der Waals surface area contributed by atoms with E-state index in [0.29, 0.717) is 18.4 Å². The zero-order chi connectivity index (χ0) is 68.7. The van der Waals surface area contributed by atoms with Crippen molar-refractivity contribution in [1.82, 2.24) is 42.5 Å². The predicted octanol–water partition coefficient (Wildman–Crippen LogP) is 0.999. The van der Waals surface area contributed by atoms with Crippen LogP contribution in [0.5, 0.6) is 0 Å². The number of rotatable bonds is 37. The highest BCUT2D eigenvalue weighted by Crippen LogP contribution is 2.22. The number of unbranched alkanes of at least 4 members (excludes halogenated alkanes) is 7. The molecule has 18 N–H and O–H groups in total. The van der Waals surface area contributed by atoms with Crippen LogP contribution in [0.25, 0.3) is 0 Å². The third-order valence-electron chi connectivity index (χ3n) is 16.6. The first kappa shape index (κ1) is 81.5. The van der Waals surface area contributed by atoms with E-state index in [9.17, 15) is 67.7 Å². The maximum absolute atomic E-state index is 14.8. The second-order valence-electron chi connectivity index (χ2n) is 25.0. The molecule has 92 heavy (non-hydrogen) atoms. The van der Waals surface area contributed by atoms with Crippen molar-refractivity contribution in [2.24, 2.45) is 52.5 Å². The lowest BCUT2D eigenvalue weighted by Gasteiger charge is -2.28. The lowest BCUT2D eigenvalue weighted by atomic mass is 9.88. The van der Waals surface area contributed by atoms with Gasteiger partial charge in [-0.1, -0.05) is 103 Å². The van der Waals surface area contributed by atoms with Crippen molar-refractivity contribution >= 4 is 70.4 Å². The zero-order valence-electron chi connectivity index (χ0n) is 55.5. The number of hydrogen-bond donors (Lipinski definition) is 14. The zero-order valence-corrected chi connectivity index (χ0v) is 55.5. The average molecular weight is 1300 g/mol. The molecule has 12 atom stereocenters. The van der Waals surface area contributed by atoms with Crippen LogP contribution in [0.2, 0.25) is 0 Å². The third-order valence-corrected chi connectivity index (χ3v) is 16.6. The molecule has 8 amide bonds. The number of carbonyl (C=O) groups is 12. The van der Waals surface area contributed by atoms with Crippen LogP contribution < -0.4 is 65.5 Å². The first-order chi connectivity index (χ1) is 43.8. The van der Waals surface area contributed by atoms with Gasteiger partial charge in [0.05, 0.1) is 48.2 Å². The summed E-state index contributed by atoms with van der Waals surface area (Å²) in [6.45, 7) is 9.52. The Morgan fingerprint density at radius 2 is 1.10 bits per heavy atom. The Morgan fingerprint density at radius 3 is 1.70 bits per heavy atom. The fourth-order valence-electron chi connectivity index (χ4n) is 11.0. The molecule has 1 saturated heterocycles. The molecule has 2 rings (SSSR count). The molecule has 0 saturated carbocycles. The van der Waals surface area contributed by atoms with E-state index in [0.717, 1.165) is 44.9 Å². The summed E-state index contributed by atoms with van der Waals surface area (Å²) in [4.78, 5) is 169. The Hall–Kier alpha value is -6.58. The molecule has 1 heterocycles. The van der Waals surface area contributed by atoms with Crippen LogP contribution in [0.15, 0.2) is 30.3 Å². The monoisotopic (exact) mass is 1300 g/mol. The van der Waals surface area contributed by atoms with Crippen molar-refractivity contribution in [2.45, 2.75) is 238 Å². The average Bonchev–Trinajstić information content (AvgIpc) is 1.59. The first-order valence-electron chi connectivity index (χ1n) is 33.5. The minimum Gasteiger partial charge on any atom is -0.393 e. The van der Waals surface area contributed by atoms with E-state index in [1.165, 1.54) is 13.8 Å². The molecule has 1 aromatic carbocycles. The van der Waals surface area contributed by atoms with E-state index in [1.807, 2.05) is 20.8 Å². The molecule has 0 radical (unpaired) electrons. The fraction of sp³-hybridized carbons (Fsp3) is 0.727. The van der Waals surface area contributed by atoms with Crippen LogP contribution >= 0.6 is 0 Å². The topological polar surface area (TPSA) is 446 Å². The van der Waals surface area contributed by atoms with E-state index in [1.54, 1.807) is 30.3 Å². The number of benzene rings is 1. The maximum Gasteiger partial charge on any atom is 0.243 e. The summed E-state index contributed by atoms with van der Waals surface area (Å²) in [5.74, 6) is -13.7. The molecule has 520 valence electrons. The maximum atomic E-state index is 14.8. The Kier molecular flexibility index (Phi) is 40.5. The number of carbonyl (C=O) groups excluding carboxylic acids is 12. The fourth-order valence-corrected chi connectivity index (χ4v) is 11.0. The second-order valence-corrected chi connectivity index (χ2v) is 25.0. The van der Waals surface area contributed by atoms with E-state index in [2.05, 4.69) is 49.5 Å². The van der Waals surface area contributed by atoms with Crippen molar-refractivity contribution < 1.29 is 67.7 Å². The van der Waals surface area contributed by atoms with Gasteiger partial charge in [0.15, 0.2) is 23.1 Å². The molecule has 0 spiro atoms. The summed E-state index contributed by atoms with van der Waals surface area (Å²) < 4.78 is 0. The van der Waals surface area contributed by atoms with Gasteiger partial charge in [0.2, 0.25) is 47.3 Å². The molecule has 1 fully saturated rings. The van der Waals surface area contributed by atoms with Gasteiger partial charge in [-0.05, 0) is 116 Å². The van der Waals surface area contributed by atoms with Gasteiger partial charge in [-0.2, -0.15) is 0 Å². The molecule has 1 aromatic rings. The Morgan fingerprint density at radius 1 is 0.576 bits per heavy atom. The van der Waals surface area contributed by atoms with Crippen LogP contribution in [0.1, 0.15) is 188 Å². The predicted molar refractivity (Wildman–Crippen MR) is 349 cm³/mol. The number of aliphatic hydroxyl groups is 2. The summed E-state index contributed by atoms with van der Waals surface area (Å²) >= 11 is 0. The Bertz CT molecular complexity index is 2480. The standard InChI is InChI=1S/C66H112N12O14/c1-7-9-11-12-13-18-22-60(86)73-52(28-34-71-59(85)21-15-10-8-2)58(84)40-48(43(6)80)64(90)75-50(24-30-68)55(81)37-45-27-33-72-63(89)47(42(5)79)39-57(83)51(25-31-69)76-65(91)53(26-32-70)77-66(92)54(35-41(3)4)78-62(88)46(36-44-19-16-14-17-20-44)38-56(82)49(23-29-67)74-61(45)87/h14,16-17,19-20,41-43,45-54,79-80H,7-13,15,18,21-40,67-70H2,1-6H3,(H,71,85)(H,72,89)(H,73,86)(H,74,87)(H,75,90)(H,76,91)(H,77,92)(H,78,88)/t42-,43-,45-,46+,47+,48+,49+,50+,51+,52+,53+,54+/m1/s1. The molecule has 1 aliphatic rings. The lowest BCUT2D eigenvalue weighted by Crippen LogP contribution is -2.57. The Labute approximate surface area is 544 Å². The highest BCUT2D eigenvalue weighted by atomic mass is 16.3. The lowest BCUT2D eigenvalue weighted by molar-refractivity contribution is -0.137. The number of amides is 8. The highest BCUT2D eigenvalue weighted by Gasteiger charge is 2.38.